The van der Waals surface area contributed by atoms with Crippen LogP contribution in [0.5, 0.6) is 0 Å². The fraction of sp³-hybridized carbons (Fsp3) is 0.368. The number of nitrogens with zero attached hydrogens (tertiary/aromatic N) is 1. The van der Waals surface area contributed by atoms with Crippen LogP contribution in [0.2, 0.25) is 5.02 Å². The minimum absolute atomic E-state index is 0. The average molecular weight is 428 g/mol. The van der Waals surface area contributed by atoms with Gasteiger partial charge in [-0.3, -0.25) is 9.59 Å². The number of thiophene rings is 1. The quantitative estimate of drug-likeness (QED) is 0.752. The maximum absolute atomic E-state index is 12.8. The van der Waals surface area contributed by atoms with Crippen molar-refractivity contribution in [2.45, 2.75) is 12.8 Å². The molecule has 0 atom stereocenters. The second-order valence-electron chi connectivity index (χ2n) is 6.42. The molecule has 2 N–H and O–H groups in total. The highest BCUT2D eigenvalue weighted by Gasteiger charge is 2.24. The summed E-state index contributed by atoms with van der Waals surface area (Å²) in [6.45, 7) is 2.50. The number of hydrogen-bond donors (Lipinski definition) is 2. The van der Waals surface area contributed by atoms with Crippen molar-refractivity contribution in [2.24, 2.45) is 5.92 Å². The Morgan fingerprint density at radius 1 is 1.26 bits per heavy atom. The number of nitrogens with one attached hydrogen (secondary N) is 2. The lowest BCUT2D eigenvalue weighted by molar-refractivity contribution is 0.0690. The van der Waals surface area contributed by atoms with Crippen LogP contribution in [0.4, 0.5) is 5.69 Å². The smallest absolute Gasteiger partial charge is 0.265 e. The number of amides is 2. The molecule has 1 aliphatic rings. The minimum atomic E-state index is -0.223. The van der Waals surface area contributed by atoms with Crippen LogP contribution in [0.1, 0.15) is 32.9 Å². The Balaban J connectivity index is 0.00000261. The Kier molecular flexibility index (Phi) is 8.10. The highest BCUT2D eigenvalue weighted by molar-refractivity contribution is 7.12. The molecule has 146 valence electrons. The van der Waals surface area contributed by atoms with Crippen molar-refractivity contribution < 1.29 is 9.59 Å². The van der Waals surface area contributed by atoms with Crippen molar-refractivity contribution in [1.29, 1.82) is 0 Å². The van der Waals surface area contributed by atoms with Crippen LogP contribution in [-0.4, -0.2) is 43.4 Å². The molecule has 0 aliphatic carbocycles. The molecule has 0 saturated carbocycles. The van der Waals surface area contributed by atoms with Gasteiger partial charge < -0.3 is 15.5 Å². The third kappa shape index (κ3) is 5.45. The number of rotatable bonds is 5. The normalized spacial score (nSPS) is 14.5. The maximum atomic E-state index is 12.8. The highest BCUT2D eigenvalue weighted by atomic mass is 35.5. The number of carbonyl (C=O) groups is 2. The molecule has 1 fully saturated rings. The summed E-state index contributed by atoms with van der Waals surface area (Å²) in [4.78, 5) is 27.5. The van der Waals surface area contributed by atoms with Gasteiger partial charge in [-0.15, -0.1) is 23.7 Å². The molecule has 1 saturated heterocycles. The van der Waals surface area contributed by atoms with Crippen LogP contribution in [0.25, 0.3) is 0 Å². The molecule has 0 unspecified atom stereocenters. The summed E-state index contributed by atoms with van der Waals surface area (Å²) in [5.41, 5.74) is 1.00. The largest absolute Gasteiger partial charge is 0.339 e. The van der Waals surface area contributed by atoms with E-state index in [1.54, 1.807) is 24.3 Å². The zero-order valence-electron chi connectivity index (χ0n) is 15.0. The molecule has 3 rings (SSSR count). The standard InChI is InChI=1S/C19H22ClN3O2S.ClH/c1-21-12-13-6-8-23(9-7-13)19(25)14-4-5-15(20)16(11-14)22-18(24)17-3-2-10-26-17;/h2-5,10-11,13,21H,6-9,12H2,1H3,(H,22,24);1H. The fourth-order valence-electron chi connectivity index (χ4n) is 3.16. The average Bonchev–Trinajstić information content (AvgIpc) is 3.19. The Morgan fingerprint density at radius 3 is 2.63 bits per heavy atom. The van der Waals surface area contributed by atoms with Crippen LogP contribution in [-0.2, 0) is 0 Å². The van der Waals surface area contributed by atoms with Crippen molar-refractivity contribution in [3.05, 3.63) is 51.2 Å². The predicted octanol–water partition coefficient (Wildman–Crippen LogP) is 4.15. The van der Waals surface area contributed by atoms with Crippen molar-refractivity contribution >= 4 is 52.8 Å². The Bertz CT molecular complexity index is 775. The summed E-state index contributed by atoms with van der Waals surface area (Å²) in [6, 6.07) is 8.60. The second kappa shape index (κ2) is 10.1. The molecule has 1 aromatic heterocycles. The minimum Gasteiger partial charge on any atom is -0.339 e. The number of halogens is 2. The van der Waals surface area contributed by atoms with E-state index in [9.17, 15) is 9.59 Å². The molecule has 2 amide bonds. The van der Waals surface area contributed by atoms with Gasteiger partial charge in [0.2, 0.25) is 0 Å². The van der Waals surface area contributed by atoms with Crippen molar-refractivity contribution in [3.8, 4) is 0 Å². The van der Waals surface area contributed by atoms with E-state index in [1.165, 1.54) is 11.3 Å². The molecule has 27 heavy (non-hydrogen) atoms. The summed E-state index contributed by atoms with van der Waals surface area (Å²) in [5, 5.41) is 8.25. The molecule has 2 heterocycles. The van der Waals surface area contributed by atoms with E-state index >= 15 is 0 Å². The van der Waals surface area contributed by atoms with Crippen molar-refractivity contribution in [2.75, 3.05) is 32.0 Å². The van der Waals surface area contributed by atoms with Crippen LogP contribution in [0.3, 0.4) is 0 Å². The summed E-state index contributed by atoms with van der Waals surface area (Å²) < 4.78 is 0. The van der Waals surface area contributed by atoms with Crippen LogP contribution in [0.15, 0.2) is 35.7 Å². The fourth-order valence-corrected chi connectivity index (χ4v) is 3.94. The van der Waals surface area contributed by atoms with Gasteiger partial charge >= 0.3 is 0 Å². The number of benzene rings is 1. The number of anilines is 1. The van der Waals surface area contributed by atoms with Gasteiger partial charge in [-0.05, 0) is 62.0 Å². The molecule has 2 aromatic rings. The van der Waals surface area contributed by atoms with Gasteiger partial charge in [0.25, 0.3) is 11.8 Å². The van der Waals surface area contributed by atoms with Crippen molar-refractivity contribution in [1.82, 2.24) is 10.2 Å². The zero-order chi connectivity index (χ0) is 18.5. The molecule has 1 aliphatic heterocycles. The van der Waals surface area contributed by atoms with E-state index in [2.05, 4.69) is 10.6 Å². The molecule has 1 aromatic carbocycles. The van der Waals surface area contributed by atoms with Gasteiger partial charge in [-0.2, -0.15) is 0 Å². The Morgan fingerprint density at radius 2 is 2.00 bits per heavy atom. The summed E-state index contributed by atoms with van der Waals surface area (Å²) in [5.74, 6) is 0.380. The van der Waals surface area contributed by atoms with Gasteiger partial charge in [0, 0.05) is 18.7 Å². The van der Waals surface area contributed by atoms with Gasteiger partial charge in [-0.25, -0.2) is 0 Å². The highest BCUT2D eigenvalue weighted by Crippen LogP contribution is 2.26. The summed E-state index contributed by atoms with van der Waals surface area (Å²) >= 11 is 7.56. The third-order valence-corrected chi connectivity index (χ3v) is 5.80. The van der Waals surface area contributed by atoms with E-state index in [0.29, 0.717) is 27.1 Å². The first-order valence-electron chi connectivity index (χ1n) is 8.66. The topological polar surface area (TPSA) is 61.4 Å². The number of piperidine rings is 1. The predicted molar refractivity (Wildman–Crippen MR) is 114 cm³/mol. The van der Waals surface area contributed by atoms with Gasteiger partial charge in [0.05, 0.1) is 15.6 Å². The molecular formula is C19H23Cl2N3O2S. The number of likely N-dealkylation sites (tertiary alicyclic amines) is 1. The molecule has 0 radical (unpaired) electrons. The molecule has 0 bridgehead atoms. The lowest BCUT2D eigenvalue weighted by Crippen LogP contribution is -2.40. The van der Waals surface area contributed by atoms with E-state index in [4.69, 9.17) is 11.6 Å². The SMILES string of the molecule is CNCC1CCN(C(=O)c2ccc(Cl)c(NC(=O)c3cccs3)c2)CC1.Cl. The summed E-state index contributed by atoms with van der Waals surface area (Å²) in [7, 11) is 1.96. The first-order valence-corrected chi connectivity index (χ1v) is 9.92. The molecule has 5 nitrogen and oxygen atoms in total. The third-order valence-electron chi connectivity index (χ3n) is 4.60. The van der Waals surface area contributed by atoms with E-state index < -0.39 is 0 Å². The van der Waals surface area contributed by atoms with E-state index in [1.807, 2.05) is 23.4 Å². The van der Waals surface area contributed by atoms with Crippen LogP contribution >= 0.6 is 35.3 Å². The maximum Gasteiger partial charge on any atom is 0.265 e. The van der Waals surface area contributed by atoms with Gasteiger partial charge in [0.15, 0.2) is 0 Å². The monoisotopic (exact) mass is 427 g/mol. The van der Waals surface area contributed by atoms with Crippen molar-refractivity contribution in [3.63, 3.8) is 0 Å². The Hall–Kier alpha value is -1.60. The molecule has 0 spiro atoms. The second-order valence-corrected chi connectivity index (χ2v) is 7.77. The Labute approximate surface area is 174 Å². The first kappa shape index (κ1) is 21.7. The lowest BCUT2D eigenvalue weighted by Gasteiger charge is -2.32. The lowest BCUT2D eigenvalue weighted by atomic mass is 9.96. The van der Waals surface area contributed by atoms with E-state index in [-0.39, 0.29) is 24.2 Å². The van der Waals surface area contributed by atoms with Gasteiger partial charge in [-0.1, -0.05) is 17.7 Å². The molecule has 8 heteroatoms. The van der Waals surface area contributed by atoms with Crippen LogP contribution in [0, 0.1) is 5.92 Å². The molecular weight excluding hydrogens is 405 g/mol. The number of hydrogen-bond acceptors (Lipinski definition) is 4. The number of carbonyl (C=O) groups excluding carboxylic acids is 2. The van der Waals surface area contributed by atoms with Gasteiger partial charge in [0.1, 0.15) is 0 Å². The van der Waals surface area contributed by atoms with Crippen LogP contribution < -0.4 is 10.6 Å². The summed E-state index contributed by atoms with van der Waals surface area (Å²) in [6.07, 6.45) is 2.00. The zero-order valence-corrected chi connectivity index (χ0v) is 17.4. The van der Waals surface area contributed by atoms with E-state index in [0.717, 1.165) is 32.5 Å². The first-order chi connectivity index (χ1) is 12.6.